The second-order valence-electron chi connectivity index (χ2n) is 6.78. The lowest BCUT2D eigenvalue weighted by Crippen LogP contribution is -2.24. The first-order chi connectivity index (χ1) is 14.1. The predicted octanol–water partition coefficient (Wildman–Crippen LogP) is 3.21. The molecule has 29 heavy (non-hydrogen) atoms. The molecule has 2 heterocycles. The van der Waals surface area contributed by atoms with Crippen LogP contribution in [0.2, 0.25) is 5.02 Å². The first kappa shape index (κ1) is 19.4. The number of aromatic nitrogens is 2. The highest BCUT2D eigenvalue weighted by atomic mass is 35.5. The molecule has 7 nitrogen and oxygen atoms in total. The number of hydrazine groups is 1. The van der Waals surface area contributed by atoms with E-state index in [2.05, 4.69) is 10.4 Å². The number of anilines is 2. The van der Waals surface area contributed by atoms with Crippen molar-refractivity contribution in [2.75, 3.05) is 38.8 Å². The molecule has 0 spiro atoms. The van der Waals surface area contributed by atoms with Crippen LogP contribution in [-0.4, -0.2) is 53.9 Å². The van der Waals surface area contributed by atoms with Crippen molar-refractivity contribution >= 4 is 39.6 Å². The molecule has 0 radical (unpaired) electrons. The summed E-state index contributed by atoms with van der Waals surface area (Å²) in [6.45, 7) is 1.11. The molecule has 150 valence electrons. The number of methoxy groups -OCH3 is 1. The summed E-state index contributed by atoms with van der Waals surface area (Å²) in [5.74, 6) is 0.694. The van der Waals surface area contributed by atoms with E-state index < -0.39 is 0 Å². The number of nitrogens with zero attached hydrogens (tertiary/aromatic N) is 4. The van der Waals surface area contributed by atoms with Crippen LogP contribution >= 0.6 is 11.6 Å². The minimum absolute atomic E-state index is 0.0256. The van der Waals surface area contributed by atoms with Crippen molar-refractivity contribution in [2.45, 2.75) is 0 Å². The van der Waals surface area contributed by atoms with E-state index in [1.165, 1.54) is 0 Å². The first-order valence-electron chi connectivity index (χ1n) is 9.24. The number of rotatable bonds is 6. The Hall–Kier alpha value is -2.87. The molecule has 2 aromatic carbocycles. The third-order valence-electron chi connectivity index (χ3n) is 4.80. The topological polar surface area (TPSA) is 73.8 Å². The van der Waals surface area contributed by atoms with Gasteiger partial charge in [-0.2, -0.15) is 0 Å². The number of nitrogens with one attached hydrogen (secondary N) is 1. The largest absolute Gasteiger partial charge is 0.497 e. The van der Waals surface area contributed by atoms with Crippen LogP contribution in [0.25, 0.3) is 16.6 Å². The van der Waals surface area contributed by atoms with Gasteiger partial charge in [-0.1, -0.05) is 11.6 Å². The van der Waals surface area contributed by atoms with Crippen molar-refractivity contribution in [3.63, 3.8) is 0 Å². The summed E-state index contributed by atoms with van der Waals surface area (Å²) in [5.41, 5.74) is 8.26. The molecule has 1 aliphatic heterocycles. The Bertz CT molecular complexity index is 1070. The van der Waals surface area contributed by atoms with Gasteiger partial charge in [0.15, 0.2) is 0 Å². The highest BCUT2D eigenvalue weighted by molar-refractivity contribution is 6.33. The van der Waals surface area contributed by atoms with Crippen LogP contribution in [0.1, 0.15) is 5.69 Å². The number of ether oxygens (including phenoxy) is 1. The van der Waals surface area contributed by atoms with Crippen molar-refractivity contribution in [3.8, 4) is 5.75 Å². The first-order valence-corrected chi connectivity index (χ1v) is 9.62. The van der Waals surface area contributed by atoms with Crippen molar-refractivity contribution in [1.82, 2.24) is 20.4 Å². The van der Waals surface area contributed by atoms with Gasteiger partial charge in [-0.15, -0.1) is 0 Å². The molecule has 0 unspecified atom stereocenters. The van der Waals surface area contributed by atoms with Crippen LogP contribution in [-0.2, 0) is 0 Å². The van der Waals surface area contributed by atoms with Gasteiger partial charge in [0.1, 0.15) is 5.75 Å². The van der Waals surface area contributed by atoms with E-state index in [1.54, 1.807) is 19.4 Å². The molecule has 0 fully saturated rings. The van der Waals surface area contributed by atoms with E-state index in [0.29, 0.717) is 17.3 Å². The number of hydrogen-bond acceptors (Lipinski definition) is 7. The third kappa shape index (κ3) is 3.98. The van der Waals surface area contributed by atoms with Gasteiger partial charge in [-0.25, -0.2) is 9.99 Å². The van der Waals surface area contributed by atoms with Gasteiger partial charge in [0, 0.05) is 43.7 Å². The molecule has 0 saturated heterocycles. The number of benzene rings is 2. The molecule has 0 amide bonds. The standard InChI is InChI=1S/C21H22ClN5O2/c1-26-13-14(11-24-26)20-12-23-18-6-3-15(9-19(18)25-20)27(7-8-28)21-10-16(29-2)4-5-17(21)22/h3-6,9-12,24,28H,7-8,13H2,1-2H3. The molecule has 1 aromatic heterocycles. The molecule has 4 rings (SSSR count). The predicted molar refractivity (Wildman–Crippen MR) is 115 cm³/mol. The van der Waals surface area contributed by atoms with Gasteiger partial charge in [0.05, 0.1) is 47.4 Å². The third-order valence-corrected chi connectivity index (χ3v) is 5.12. The molecular formula is C21H22ClN5O2. The fourth-order valence-corrected chi connectivity index (χ4v) is 3.55. The normalized spacial score (nSPS) is 14.0. The molecule has 3 aromatic rings. The van der Waals surface area contributed by atoms with Crippen LogP contribution in [0.15, 0.2) is 48.8 Å². The maximum absolute atomic E-state index is 9.64. The van der Waals surface area contributed by atoms with Gasteiger partial charge in [0.2, 0.25) is 0 Å². The maximum atomic E-state index is 9.64. The number of fused-ring (bicyclic) bond motifs is 1. The summed E-state index contributed by atoms with van der Waals surface area (Å²) in [6.07, 6.45) is 3.73. The lowest BCUT2D eigenvalue weighted by atomic mass is 10.2. The average Bonchev–Trinajstić information content (AvgIpc) is 3.18. The molecule has 0 aliphatic carbocycles. The molecule has 0 atom stereocenters. The van der Waals surface area contributed by atoms with E-state index in [1.807, 2.05) is 53.5 Å². The molecular weight excluding hydrogens is 390 g/mol. The molecule has 1 aliphatic rings. The SMILES string of the molecule is COc1ccc(Cl)c(N(CCO)c2ccc3ncc(C4=CNN(C)C4)nc3c2)c1. The van der Waals surface area contributed by atoms with Crippen LogP contribution in [0.3, 0.4) is 0 Å². The summed E-state index contributed by atoms with van der Waals surface area (Å²) in [5, 5.41) is 12.2. The number of halogens is 1. The van der Waals surface area contributed by atoms with Gasteiger partial charge >= 0.3 is 0 Å². The van der Waals surface area contributed by atoms with Crippen molar-refractivity contribution in [2.24, 2.45) is 0 Å². The lowest BCUT2D eigenvalue weighted by molar-refractivity contribution is 0.305. The average molecular weight is 412 g/mol. The molecule has 0 bridgehead atoms. The summed E-state index contributed by atoms with van der Waals surface area (Å²) >= 11 is 6.45. The van der Waals surface area contributed by atoms with Gasteiger partial charge in [-0.05, 0) is 30.3 Å². The summed E-state index contributed by atoms with van der Waals surface area (Å²) < 4.78 is 5.34. The number of hydrogen-bond donors (Lipinski definition) is 2. The van der Waals surface area contributed by atoms with Gasteiger partial charge in [0.25, 0.3) is 0 Å². The summed E-state index contributed by atoms with van der Waals surface area (Å²) in [7, 11) is 3.58. The summed E-state index contributed by atoms with van der Waals surface area (Å²) in [4.78, 5) is 11.3. The highest BCUT2D eigenvalue weighted by Crippen LogP contribution is 2.35. The minimum atomic E-state index is -0.0256. The zero-order valence-electron chi connectivity index (χ0n) is 16.3. The Morgan fingerprint density at radius 3 is 2.83 bits per heavy atom. The van der Waals surface area contributed by atoms with E-state index in [9.17, 15) is 5.11 Å². The van der Waals surface area contributed by atoms with Crippen molar-refractivity contribution < 1.29 is 9.84 Å². The molecule has 2 N–H and O–H groups in total. The van der Waals surface area contributed by atoms with Crippen LogP contribution in [0.5, 0.6) is 5.75 Å². The smallest absolute Gasteiger partial charge is 0.121 e. The van der Waals surface area contributed by atoms with Crippen molar-refractivity contribution in [1.29, 1.82) is 0 Å². The van der Waals surface area contributed by atoms with Crippen LogP contribution < -0.4 is 15.1 Å². The van der Waals surface area contributed by atoms with E-state index >= 15 is 0 Å². The Kier molecular flexibility index (Phi) is 5.53. The Balaban J connectivity index is 1.76. The summed E-state index contributed by atoms with van der Waals surface area (Å²) in [6, 6.07) is 11.3. The highest BCUT2D eigenvalue weighted by Gasteiger charge is 2.16. The van der Waals surface area contributed by atoms with Gasteiger partial charge in [-0.3, -0.25) is 4.98 Å². The Morgan fingerprint density at radius 1 is 1.24 bits per heavy atom. The number of aliphatic hydroxyl groups excluding tert-OH is 1. The fourth-order valence-electron chi connectivity index (χ4n) is 3.33. The van der Waals surface area contributed by atoms with Crippen LogP contribution in [0.4, 0.5) is 11.4 Å². The van der Waals surface area contributed by atoms with E-state index in [4.69, 9.17) is 21.3 Å². The lowest BCUT2D eigenvalue weighted by Gasteiger charge is -2.25. The quantitative estimate of drug-likeness (QED) is 0.645. The maximum Gasteiger partial charge on any atom is 0.121 e. The van der Waals surface area contributed by atoms with E-state index in [0.717, 1.165) is 40.2 Å². The van der Waals surface area contributed by atoms with Crippen molar-refractivity contribution in [3.05, 3.63) is 59.5 Å². The Morgan fingerprint density at radius 2 is 2.10 bits per heavy atom. The van der Waals surface area contributed by atoms with Crippen LogP contribution in [0, 0.1) is 0 Å². The fraction of sp³-hybridized carbons (Fsp3) is 0.238. The zero-order valence-corrected chi connectivity index (χ0v) is 17.0. The number of likely N-dealkylation sites (N-methyl/N-ethyl adjacent to an activating group) is 1. The second kappa shape index (κ2) is 8.24. The van der Waals surface area contributed by atoms with Gasteiger partial charge < -0.3 is 20.2 Å². The Labute approximate surface area is 174 Å². The zero-order chi connectivity index (χ0) is 20.4. The monoisotopic (exact) mass is 411 g/mol. The second-order valence-corrected chi connectivity index (χ2v) is 7.18. The molecule has 8 heteroatoms. The number of aliphatic hydroxyl groups is 1. The molecule has 0 saturated carbocycles. The minimum Gasteiger partial charge on any atom is -0.497 e. The van der Waals surface area contributed by atoms with E-state index in [-0.39, 0.29) is 6.61 Å².